The Morgan fingerprint density at radius 2 is 1.71 bits per heavy atom. The first-order valence-corrected chi connectivity index (χ1v) is 7.06. The lowest BCUT2D eigenvalue weighted by atomic mass is 9.97. The summed E-state index contributed by atoms with van der Waals surface area (Å²) in [5.41, 5.74) is 1.28. The highest BCUT2D eigenvalue weighted by atomic mass is 32.2. The first-order chi connectivity index (χ1) is 7.68. The molecule has 1 aromatic rings. The molecular formula is C12H20N2O2S. The Morgan fingerprint density at radius 3 is 2.12 bits per heavy atom. The molecule has 0 atom stereocenters. The van der Waals surface area contributed by atoms with Gasteiger partial charge in [0.15, 0.2) is 0 Å². The molecule has 3 N–H and O–H groups in total. The largest absolute Gasteiger partial charge is 0.312 e. The van der Waals surface area contributed by atoms with Crippen LogP contribution in [-0.4, -0.2) is 15.0 Å². The maximum Gasteiger partial charge on any atom is 0.238 e. The van der Waals surface area contributed by atoms with Crippen LogP contribution in [0, 0.1) is 5.41 Å². The predicted octanol–water partition coefficient (Wildman–Crippen LogP) is 1.47. The number of benzene rings is 1. The third-order valence-electron chi connectivity index (χ3n) is 2.24. The van der Waals surface area contributed by atoms with E-state index in [0.29, 0.717) is 0 Å². The highest BCUT2D eigenvalue weighted by Crippen LogP contribution is 2.12. The summed E-state index contributed by atoms with van der Waals surface area (Å²) in [4.78, 5) is 0.150. The molecule has 0 unspecified atom stereocenters. The number of hydrogen-bond acceptors (Lipinski definition) is 3. The van der Waals surface area contributed by atoms with Crippen LogP contribution in [0.4, 0.5) is 0 Å². The number of sulfonamides is 1. The quantitative estimate of drug-likeness (QED) is 0.857. The van der Waals surface area contributed by atoms with E-state index >= 15 is 0 Å². The number of rotatable bonds is 4. The maximum absolute atomic E-state index is 11.1. The fourth-order valence-electron chi connectivity index (χ4n) is 1.38. The molecule has 0 aliphatic rings. The predicted molar refractivity (Wildman–Crippen MR) is 69.0 cm³/mol. The zero-order valence-electron chi connectivity index (χ0n) is 10.5. The van der Waals surface area contributed by atoms with Crippen molar-refractivity contribution in [1.29, 1.82) is 0 Å². The van der Waals surface area contributed by atoms with Gasteiger partial charge < -0.3 is 5.32 Å². The van der Waals surface area contributed by atoms with Gasteiger partial charge in [-0.1, -0.05) is 32.9 Å². The Morgan fingerprint density at radius 1 is 1.18 bits per heavy atom. The molecule has 0 amide bonds. The highest BCUT2D eigenvalue weighted by Gasteiger charge is 2.09. The Labute approximate surface area is 103 Å². The normalized spacial score (nSPS) is 12.7. The van der Waals surface area contributed by atoms with E-state index in [2.05, 4.69) is 26.1 Å². The van der Waals surface area contributed by atoms with Gasteiger partial charge in [-0.3, -0.25) is 0 Å². The molecule has 0 spiro atoms. The summed E-state index contributed by atoms with van der Waals surface area (Å²) < 4.78 is 22.1. The molecule has 5 heteroatoms. The van der Waals surface area contributed by atoms with Gasteiger partial charge in [-0.05, 0) is 23.1 Å². The molecule has 0 aliphatic carbocycles. The molecule has 0 aromatic heterocycles. The Balaban J connectivity index is 2.58. The number of hydrogen-bond donors (Lipinski definition) is 2. The van der Waals surface area contributed by atoms with Crippen LogP contribution in [0.15, 0.2) is 29.2 Å². The monoisotopic (exact) mass is 256 g/mol. The molecule has 17 heavy (non-hydrogen) atoms. The minimum absolute atomic E-state index is 0.150. The summed E-state index contributed by atoms with van der Waals surface area (Å²) in [6.07, 6.45) is 0. The minimum Gasteiger partial charge on any atom is -0.312 e. The third kappa shape index (κ3) is 5.30. The smallest absolute Gasteiger partial charge is 0.238 e. The van der Waals surface area contributed by atoms with Gasteiger partial charge in [-0.15, -0.1) is 0 Å². The van der Waals surface area contributed by atoms with Crippen LogP contribution in [0.1, 0.15) is 26.3 Å². The maximum atomic E-state index is 11.1. The van der Waals surface area contributed by atoms with E-state index in [1.165, 1.54) is 12.1 Å². The molecule has 1 rings (SSSR count). The molecule has 0 fully saturated rings. The summed E-state index contributed by atoms with van der Waals surface area (Å²) in [5, 5.41) is 8.34. The van der Waals surface area contributed by atoms with E-state index < -0.39 is 10.0 Å². The number of nitrogens with one attached hydrogen (secondary N) is 1. The van der Waals surface area contributed by atoms with Gasteiger partial charge in [0.2, 0.25) is 10.0 Å². The van der Waals surface area contributed by atoms with Gasteiger partial charge >= 0.3 is 0 Å². The first-order valence-electron chi connectivity index (χ1n) is 5.51. The molecular weight excluding hydrogens is 236 g/mol. The van der Waals surface area contributed by atoms with Crippen LogP contribution >= 0.6 is 0 Å². The lowest BCUT2D eigenvalue weighted by molar-refractivity contribution is 0.379. The number of nitrogens with two attached hydrogens (primary N) is 1. The average molecular weight is 256 g/mol. The standard InChI is InChI=1S/C12H20N2O2S/c1-12(2,3)9-14-8-10-4-6-11(7-5-10)17(13,15)16/h4-7,14H,8-9H2,1-3H3,(H2,13,15,16). The summed E-state index contributed by atoms with van der Waals surface area (Å²) in [7, 11) is -3.58. The summed E-state index contributed by atoms with van der Waals surface area (Å²) in [6.45, 7) is 8.10. The second kappa shape index (κ2) is 5.16. The third-order valence-corrected chi connectivity index (χ3v) is 3.17. The highest BCUT2D eigenvalue weighted by molar-refractivity contribution is 7.89. The zero-order chi connectivity index (χ0) is 13.1. The van der Waals surface area contributed by atoms with Gasteiger partial charge in [0.1, 0.15) is 0 Å². The fraction of sp³-hybridized carbons (Fsp3) is 0.500. The van der Waals surface area contributed by atoms with E-state index in [4.69, 9.17) is 5.14 Å². The van der Waals surface area contributed by atoms with Gasteiger partial charge in [0.25, 0.3) is 0 Å². The van der Waals surface area contributed by atoms with Crippen LogP contribution < -0.4 is 10.5 Å². The summed E-state index contributed by atoms with van der Waals surface area (Å²) in [5.74, 6) is 0. The van der Waals surface area contributed by atoms with Crippen LogP contribution in [0.3, 0.4) is 0 Å². The molecule has 0 bridgehead atoms. The van der Waals surface area contributed by atoms with Crippen molar-refractivity contribution in [3.63, 3.8) is 0 Å². The molecule has 0 radical (unpaired) electrons. The summed E-state index contributed by atoms with van der Waals surface area (Å²) >= 11 is 0. The molecule has 4 nitrogen and oxygen atoms in total. The van der Waals surface area contributed by atoms with Crippen molar-refractivity contribution in [3.8, 4) is 0 Å². The zero-order valence-corrected chi connectivity index (χ0v) is 11.3. The Kier molecular flexibility index (Phi) is 4.30. The molecule has 0 saturated carbocycles. The van der Waals surface area contributed by atoms with Crippen molar-refractivity contribution in [2.45, 2.75) is 32.2 Å². The van der Waals surface area contributed by atoms with E-state index in [9.17, 15) is 8.42 Å². The van der Waals surface area contributed by atoms with Crippen molar-refractivity contribution in [2.75, 3.05) is 6.54 Å². The van der Waals surface area contributed by atoms with Crippen LogP contribution in [0.2, 0.25) is 0 Å². The second-order valence-electron chi connectivity index (χ2n) is 5.35. The topological polar surface area (TPSA) is 72.2 Å². The van der Waals surface area contributed by atoms with E-state index in [1.807, 2.05) is 0 Å². The van der Waals surface area contributed by atoms with Gasteiger partial charge in [-0.2, -0.15) is 0 Å². The lowest BCUT2D eigenvalue weighted by Crippen LogP contribution is -2.26. The van der Waals surface area contributed by atoms with Crippen LogP contribution in [0.25, 0.3) is 0 Å². The van der Waals surface area contributed by atoms with Gasteiger partial charge in [0, 0.05) is 13.1 Å². The fourth-order valence-corrected chi connectivity index (χ4v) is 1.89. The SMILES string of the molecule is CC(C)(C)CNCc1ccc(S(N)(=O)=O)cc1. The van der Waals surface area contributed by atoms with E-state index in [0.717, 1.165) is 18.7 Å². The van der Waals surface area contributed by atoms with Crippen LogP contribution in [-0.2, 0) is 16.6 Å². The molecule has 0 heterocycles. The molecule has 0 aliphatic heterocycles. The van der Waals surface area contributed by atoms with Crippen molar-refractivity contribution < 1.29 is 8.42 Å². The first kappa shape index (κ1) is 14.2. The van der Waals surface area contributed by atoms with Gasteiger partial charge in [0.05, 0.1) is 4.90 Å². The minimum atomic E-state index is -3.58. The van der Waals surface area contributed by atoms with Crippen molar-refractivity contribution >= 4 is 10.0 Å². The average Bonchev–Trinajstić information content (AvgIpc) is 2.15. The van der Waals surface area contributed by atoms with Crippen molar-refractivity contribution in [3.05, 3.63) is 29.8 Å². The second-order valence-corrected chi connectivity index (χ2v) is 6.91. The Bertz CT molecular complexity index is 458. The number of primary sulfonamides is 1. The molecule has 1 aromatic carbocycles. The lowest BCUT2D eigenvalue weighted by Gasteiger charge is -2.18. The van der Waals surface area contributed by atoms with Crippen molar-refractivity contribution in [1.82, 2.24) is 5.32 Å². The Hall–Kier alpha value is -0.910. The van der Waals surface area contributed by atoms with E-state index in [-0.39, 0.29) is 10.3 Å². The summed E-state index contributed by atoms with van der Waals surface area (Å²) in [6, 6.07) is 6.61. The van der Waals surface area contributed by atoms with Crippen LogP contribution in [0.5, 0.6) is 0 Å². The van der Waals surface area contributed by atoms with Crippen molar-refractivity contribution in [2.24, 2.45) is 10.6 Å². The van der Waals surface area contributed by atoms with Gasteiger partial charge in [-0.25, -0.2) is 13.6 Å². The van der Waals surface area contributed by atoms with E-state index in [1.54, 1.807) is 12.1 Å². The molecule has 96 valence electrons. The molecule has 0 saturated heterocycles.